The van der Waals surface area contributed by atoms with Gasteiger partial charge in [-0.05, 0) is 37.6 Å². The topological polar surface area (TPSA) is 66.5 Å². The van der Waals surface area contributed by atoms with Gasteiger partial charge in [-0.2, -0.15) is 0 Å². The van der Waals surface area contributed by atoms with Crippen molar-refractivity contribution in [1.29, 1.82) is 0 Å². The van der Waals surface area contributed by atoms with Crippen molar-refractivity contribution < 1.29 is 13.2 Å². The maximum absolute atomic E-state index is 12.6. The molecule has 108 valence electrons. The van der Waals surface area contributed by atoms with Crippen molar-refractivity contribution in [2.75, 3.05) is 31.1 Å². The highest BCUT2D eigenvalue weighted by atomic mass is 32.2. The summed E-state index contributed by atoms with van der Waals surface area (Å²) in [7, 11) is -2.94. The lowest BCUT2D eigenvalue weighted by Gasteiger charge is -2.26. The minimum atomic E-state index is -2.94. The molecule has 1 N–H and O–H groups in total. The predicted octanol–water partition coefficient (Wildman–Crippen LogP) is 0.0216. The number of nitrogens with zero attached hydrogens (tertiary/aromatic N) is 1. The molecule has 3 fully saturated rings. The molecule has 5 nitrogen and oxygen atoms in total. The molecule has 2 heterocycles. The molecule has 2 saturated heterocycles. The fraction of sp³-hybridized carbons (Fsp3) is 0.923. The summed E-state index contributed by atoms with van der Waals surface area (Å²) in [5, 5.41) is 3.36. The minimum absolute atomic E-state index is 0.0618. The van der Waals surface area contributed by atoms with Gasteiger partial charge < -0.3 is 10.2 Å². The maximum atomic E-state index is 12.6. The summed E-state index contributed by atoms with van der Waals surface area (Å²) < 4.78 is 23.2. The smallest absolute Gasteiger partial charge is 0.240 e. The number of nitrogens with one attached hydrogen (secondary N) is 1. The maximum Gasteiger partial charge on any atom is 0.240 e. The standard InChI is InChI=1S/C13H22N2O3S/c16-13(12-11-4-1-3-10(11)9-14-12)15-5-2-7-19(17,18)8-6-15/h10-12,14H,1-9H2. The highest BCUT2D eigenvalue weighted by molar-refractivity contribution is 7.91. The Morgan fingerprint density at radius 1 is 1.11 bits per heavy atom. The van der Waals surface area contributed by atoms with Crippen LogP contribution in [0.5, 0.6) is 0 Å². The molecular formula is C13H22N2O3S. The van der Waals surface area contributed by atoms with Gasteiger partial charge in [-0.3, -0.25) is 4.79 Å². The lowest BCUT2D eigenvalue weighted by molar-refractivity contribution is -0.133. The molecule has 19 heavy (non-hydrogen) atoms. The molecule has 3 atom stereocenters. The van der Waals surface area contributed by atoms with Crippen molar-refractivity contribution in [3.63, 3.8) is 0 Å². The van der Waals surface area contributed by atoms with Gasteiger partial charge in [0, 0.05) is 13.1 Å². The zero-order valence-corrected chi connectivity index (χ0v) is 12.0. The Morgan fingerprint density at radius 2 is 1.95 bits per heavy atom. The van der Waals surface area contributed by atoms with Crippen LogP contribution in [0.2, 0.25) is 0 Å². The van der Waals surface area contributed by atoms with Gasteiger partial charge in [0.25, 0.3) is 0 Å². The zero-order chi connectivity index (χ0) is 13.5. The monoisotopic (exact) mass is 286 g/mol. The van der Waals surface area contributed by atoms with Gasteiger partial charge in [0.1, 0.15) is 0 Å². The molecule has 0 aromatic rings. The summed E-state index contributed by atoms with van der Waals surface area (Å²) in [6.07, 6.45) is 4.18. The van der Waals surface area contributed by atoms with Crippen molar-refractivity contribution in [3.8, 4) is 0 Å². The van der Waals surface area contributed by atoms with E-state index in [1.165, 1.54) is 12.8 Å². The van der Waals surface area contributed by atoms with Crippen LogP contribution in [0, 0.1) is 11.8 Å². The number of amides is 1. The summed E-state index contributed by atoms with van der Waals surface area (Å²) in [5.74, 6) is 1.61. The molecule has 3 unspecified atom stereocenters. The summed E-state index contributed by atoms with van der Waals surface area (Å²) >= 11 is 0. The third-order valence-corrected chi connectivity index (χ3v) is 6.59. The number of carbonyl (C=O) groups is 1. The van der Waals surface area contributed by atoms with Crippen LogP contribution in [0.25, 0.3) is 0 Å². The van der Waals surface area contributed by atoms with Gasteiger partial charge in [-0.15, -0.1) is 0 Å². The number of rotatable bonds is 1. The number of carbonyl (C=O) groups excluding carboxylic acids is 1. The second kappa shape index (κ2) is 5.05. The molecule has 3 aliphatic rings. The van der Waals surface area contributed by atoms with Crippen LogP contribution in [0.1, 0.15) is 25.7 Å². The van der Waals surface area contributed by atoms with Crippen LogP contribution in [0.4, 0.5) is 0 Å². The van der Waals surface area contributed by atoms with E-state index in [4.69, 9.17) is 0 Å². The van der Waals surface area contributed by atoms with E-state index in [-0.39, 0.29) is 23.5 Å². The first kappa shape index (κ1) is 13.4. The Kier molecular flexibility index (Phi) is 3.55. The number of hydrogen-bond donors (Lipinski definition) is 1. The van der Waals surface area contributed by atoms with Crippen LogP contribution in [-0.4, -0.2) is 56.4 Å². The highest BCUT2D eigenvalue weighted by Crippen LogP contribution is 2.38. The van der Waals surface area contributed by atoms with Crippen molar-refractivity contribution >= 4 is 15.7 Å². The largest absolute Gasteiger partial charge is 0.340 e. The summed E-state index contributed by atoms with van der Waals surface area (Å²) in [5.41, 5.74) is 0. The quantitative estimate of drug-likeness (QED) is 0.738. The normalized spacial score (nSPS) is 37.9. The van der Waals surface area contributed by atoms with E-state index in [1.54, 1.807) is 4.90 Å². The van der Waals surface area contributed by atoms with Crippen LogP contribution in [0.3, 0.4) is 0 Å². The number of fused-ring (bicyclic) bond motifs is 1. The SMILES string of the molecule is O=C(C1NCC2CCCC21)N1CCCS(=O)(=O)CC1. The van der Waals surface area contributed by atoms with Crippen LogP contribution >= 0.6 is 0 Å². The van der Waals surface area contributed by atoms with E-state index in [0.717, 1.165) is 13.0 Å². The van der Waals surface area contributed by atoms with E-state index in [0.29, 0.717) is 31.3 Å². The van der Waals surface area contributed by atoms with Gasteiger partial charge in [-0.25, -0.2) is 8.42 Å². The molecule has 1 amide bonds. The molecular weight excluding hydrogens is 264 g/mol. The predicted molar refractivity (Wildman–Crippen MR) is 72.5 cm³/mol. The Bertz CT molecular complexity index is 463. The average Bonchev–Trinajstić information content (AvgIpc) is 2.90. The van der Waals surface area contributed by atoms with E-state index < -0.39 is 9.84 Å². The first-order valence-corrected chi connectivity index (χ1v) is 9.11. The average molecular weight is 286 g/mol. The first-order chi connectivity index (χ1) is 9.07. The molecule has 6 heteroatoms. The zero-order valence-electron chi connectivity index (χ0n) is 11.2. The third kappa shape index (κ3) is 2.65. The Labute approximate surface area is 114 Å². The molecule has 1 aliphatic carbocycles. The van der Waals surface area contributed by atoms with Crippen LogP contribution in [0.15, 0.2) is 0 Å². The van der Waals surface area contributed by atoms with Crippen LogP contribution < -0.4 is 5.32 Å². The second-order valence-corrected chi connectivity index (χ2v) is 8.38. The summed E-state index contributed by atoms with van der Waals surface area (Å²) in [6.45, 7) is 1.91. The lowest BCUT2D eigenvalue weighted by atomic mass is 9.93. The van der Waals surface area contributed by atoms with E-state index in [1.807, 2.05) is 0 Å². The van der Waals surface area contributed by atoms with E-state index in [2.05, 4.69) is 5.32 Å². The van der Waals surface area contributed by atoms with Crippen LogP contribution in [-0.2, 0) is 14.6 Å². The van der Waals surface area contributed by atoms with Crippen molar-refractivity contribution in [3.05, 3.63) is 0 Å². The number of sulfone groups is 1. The Hall–Kier alpha value is -0.620. The first-order valence-electron chi connectivity index (χ1n) is 7.29. The fourth-order valence-corrected chi connectivity index (χ4v) is 5.09. The molecule has 2 aliphatic heterocycles. The van der Waals surface area contributed by atoms with Gasteiger partial charge in [-0.1, -0.05) is 6.42 Å². The Morgan fingerprint density at radius 3 is 2.79 bits per heavy atom. The van der Waals surface area contributed by atoms with Crippen molar-refractivity contribution in [1.82, 2.24) is 10.2 Å². The second-order valence-electron chi connectivity index (χ2n) is 6.07. The van der Waals surface area contributed by atoms with Gasteiger partial charge >= 0.3 is 0 Å². The molecule has 3 rings (SSSR count). The third-order valence-electron chi connectivity index (χ3n) is 4.88. The van der Waals surface area contributed by atoms with E-state index in [9.17, 15) is 13.2 Å². The van der Waals surface area contributed by atoms with Crippen molar-refractivity contribution in [2.45, 2.75) is 31.7 Å². The molecule has 1 saturated carbocycles. The molecule has 0 aromatic carbocycles. The fourth-order valence-electron chi connectivity index (χ4n) is 3.81. The highest BCUT2D eigenvalue weighted by Gasteiger charge is 2.43. The molecule has 0 bridgehead atoms. The van der Waals surface area contributed by atoms with Gasteiger partial charge in [0.15, 0.2) is 9.84 Å². The Balaban J connectivity index is 1.67. The minimum Gasteiger partial charge on any atom is -0.340 e. The van der Waals surface area contributed by atoms with Gasteiger partial charge in [0.05, 0.1) is 17.5 Å². The number of hydrogen-bond acceptors (Lipinski definition) is 4. The van der Waals surface area contributed by atoms with Gasteiger partial charge in [0.2, 0.25) is 5.91 Å². The molecule has 0 spiro atoms. The summed E-state index contributed by atoms with van der Waals surface area (Å²) in [6, 6.07) is -0.0618. The molecule has 0 aromatic heterocycles. The van der Waals surface area contributed by atoms with E-state index >= 15 is 0 Å². The van der Waals surface area contributed by atoms with Crippen molar-refractivity contribution in [2.24, 2.45) is 11.8 Å². The summed E-state index contributed by atoms with van der Waals surface area (Å²) in [4.78, 5) is 14.3. The molecule has 0 radical (unpaired) electrons. The lowest BCUT2D eigenvalue weighted by Crippen LogP contribution is -2.47.